The fourth-order valence-electron chi connectivity index (χ4n) is 1.99. The molecule has 1 aromatic rings. The predicted octanol–water partition coefficient (Wildman–Crippen LogP) is -1.26. The third-order valence-corrected chi connectivity index (χ3v) is 3.68. The Hall–Kier alpha value is -1.20. The highest BCUT2D eigenvalue weighted by atomic mass is 127. The van der Waals surface area contributed by atoms with Crippen molar-refractivity contribution in [2.24, 2.45) is 0 Å². The second-order valence-electron chi connectivity index (χ2n) is 4.39. The van der Waals surface area contributed by atoms with Crippen molar-refractivity contribution in [2.75, 3.05) is 11.0 Å². The molecule has 1 aromatic heterocycles. The lowest BCUT2D eigenvalue weighted by atomic mass is 10.2. The minimum atomic E-state index is -0.784. The number of aliphatic hydroxyl groups excluding tert-OH is 1. The highest BCUT2D eigenvalue weighted by molar-refractivity contribution is 14.1. The average Bonchev–Trinajstić information content (AvgIpc) is 2.77. The topological polar surface area (TPSA) is 113 Å². The van der Waals surface area contributed by atoms with Crippen molar-refractivity contribution in [1.82, 2.24) is 14.9 Å². The lowest BCUT2D eigenvalue weighted by molar-refractivity contribution is -0.119. The van der Waals surface area contributed by atoms with Crippen LogP contribution in [0.1, 0.15) is 12.6 Å². The van der Waals surface area contributed by atoms with Gasteiger partial charge in [-0.2, -0.15) is 0 Å². The number of nitrogens with zero attached hydrogens (tertiary/aromatic N) is 1. The molecule has 1 saturated heterocycles. The Morgan fingerprint density at radius 2 is 2.35 bits per heavy atom. The average molecular weight is 395 g/mol. The standard InChI is InChI=1S/C11H14IN3O5/c12-4-9(18)13-5-7-6(16)3-10(20-7)15-2-1-8(17)14-11(15)19/h1-2,6-7,10,16H,3-5H2,(H,13,18)(H,14,17,19)/t6-,7+,10+/m0/s1. The van der Waals surface area contributed by atoms with E-state index >= 15 is 0 Å². The van der Waals surface area contributed by atoms with E-state index in [0.717, 1.165) is 0 Å². The molecule has 1 aliphatic heterocycles. The number of alkyl halides is 1. The van der Waals surface area contributed by atoms with Crippen molar-refractivity contribution in [2.45, 2.75) is 24.9 Å². The summed E-state index contributed by atoms with van der Waals surface area (Å²) in [6, 6.07) is 1.21. The van der Waals surface area contributed by atoms with Crippen molar-refractivity contribution in [3.63, 3.8) is 0 Å². The molecule has 3 atom stereocenters. The quantitative estimate of drug-likeness (QED) is 0.435. The number of rotatable bonds is 4. The summed E-state index contributed by atoms with van der Waals surface area (Å²) >= 11 is 1.93. The smallest absolute Gasteiger partial charge is 0.330 e. The number of hydrogen-bond donors (Lipinski definition) is 3. The summed E-state index contributed by atoms with van der Waals surface area (Å²) in [6.07, 6.45) is -0.476. The van der Waals surface area contributed by atoms with Crippen molar-refractivity contribution in [3.8, 4) is 0 Å². The molecule has 1 aliphatic rings. The number of carbonyl (C=O) groups is 1. The van der Waals surface area contributed by atoms with E-state index in [2.05, 4.69) is 10.3 Å². The van der Waals surface area contributed by atoms with Crippen molar-refractivity contribution in [1.29, 1.82) is 0 Å². The van der Waals surface area contributed by atoms with Gasteiger partial charge in [-0.3, -0.25) is 19.1 Å². The molecule has 1 amide bonds. The lowest BCUT2D eigenvalue weighted by Crippen LogP contribution is -2.37. The molecule has 0 spiro atoms. The minimum Gasteiger partial charge on any atom is -0.390 e. The van der Waals surface area contributed by atoms with E-state index in [9.17, 15) is 19.5 Å². The molecule has 2 rings (SSSR count). The van der Waals surface area contributed by atoms with Gasteiger partial charge in [-0.05, 0) is 0 Å². The van der Waals surface area contributed by atoms with Crippen LogP contribution in [0.4, 0.5) is 0 Å². The molecule has 8 nitrogen and oxygen atoms in total. The second kappa shape index (κ2) is 6.50. The van der Waals surface area contributed by atoms with E-state index in [-0.39, 0.29) is 18.9 Å². The molecular weight excluding hydrogens is 381 g/mol. The Kier molecular flexibility index (Phi) is 4.94. The van der Waals surface area contributed by atoms with Gasteiger partial charge in [0.15, 0.2) is 0 Å². The number of ether oxygens (including phenoxy) is 1. The molecule has 9 heteroatoms. The van der Waals surface area contributed by atoms with Gasteiger partial charge < -0.3 is 15.2 Å². The summed E-state index contributed by atoms with van der Waals surface area (Å²) in [6.45, 7) is 0.178. The van der Waals surface area contributed by atoms with E-state index in [4.69, 9.17) is 4.74 Å². The van der Waals surface area contributed by atoms with Crippen molar-refractivity contribution >= 4 is 28.5 Å². The SMILES string of the molecule is O=C(CI)NC[C@H]1O[C@@H](n2ccc(=O)[nH]c2=O)C[C@@H]1O. The molecule has 0 bridgehead atoms. The highest BCUT2D eigenvalue weighted by Crippen LogP contribution is 2.26. The van der Waals surface area contributed by atoms with Crippen molar-refractivity contribution in [3.05, 3.63) is 33.1 Å². The first kappa shape index (κ1) is 15.2. The van der Waals surface area contributed by atoms with Gasteiger partial charge in [-0.1, -0.05) is 22.6 Å². The third-order valence-electron chi connectivity index (χ3n) is 2.99. The van der Waals surface area contributed by atoms with Crippen LogP contribution in [-0.4, -0.2) is 43.7 Å². The number of H-pyrrole nitrogens is 1. The van der Waals surface area contributed by atoms with Gasteiger partial charge in [0.2, 0.25) is 5.91 Å². The van der Waals surface area contributed by atoms with Gasteiger partial charge in [0.1, 0.15) is 12.3 Å². The number of hydrogen-bond acceptors (Lipinski definition) is 5. The van der Waals surface area contributed by atoms with Gasteiger partial charge in [-0.25, -0.2) is 4.79 Å². The zero-order valence-corrected chi connectivity index (χ0v) is 12.6. The number of aliphatic hydroxyl groups is 1. The molecule has 0 aliphatic carbocycles. The number of carbonyl (C=O) groups excluding carboxylic acids is 1. The fraction of sp³-hybridized carbons (Fsp3) is 0.545. The summed E-state index contributed by atoms with van der Waals surface area (Å²) < 4.78 is 7.08. The summed E-state index contributed by atoms with van der Waals surface area (Å²) in [5.74, 6) is -0.147. The Balaban J connectivity index is 2.04. The monoisotopic (exact) mass is 395 g/mol. The number of amides is 1. The van der Waals surface area contributed by atoms with E-state index in [1.54, 1.807) is 0 Å². The van der Waals surface area contributed by atoms with Gasteiger partial charge in [-0.15, -0.1) is 0 Å². The molecule has 0 unspecified atom stereocenters. The zero-order valence-electron chi connectivity index (χ0n) is 10.4. The van der Waals surface area contributed by atoms with Crippen LogP contribution in [0.3, 0.4) is 0 Å². The normalized spacial score (nSPS) is 25.6. The first-order valence-corrected chi connectivity index (χ1v) is 7.51. The Morgan fingerprint density at radius 3 is 3.00 bits per heavy atom. The van der Waals surface area contributed by atoms with Crippen LogP contribution in [-0.2, 0) is 9.53 Å². The number of aromatic amines is 1. The molecule has 1 fully saturated rings. The predicted molar refractivity (Wildman–Crippen MR) is 77.8 cm³/mol. The maximum atomic E-state index is 11.6. The van der Waals surface area contributed by atoms with Crippen LogP contribution in [0.25, 0.3) is 0 Å². The van der Waals surface area contributed by atoms with Gasteiger partial charge in [0, 0.05) is 25.2 Å². The van der Waals surface area contributed by atoms with E-state index in [0.29, 0.717) is 4.43 Å². The summed E-state index contributed by atoms with van der Waals surface area (Å²) in [5.41, 5.74) is -1.08. The number of halogens is 1. The molecular formula is C11H14IN3O5. The van der Waals surface area contributed by atoms with Crippen LogP contribution in [0.2, 0.25) is 0 Å². The molecule has 0 saturated carbocycles. The van der Waals surface area contributed by atoms with E-state index < -0.39 is 29.7 Å². The molecule has 110 valence electrons. The molecule has 2 heterocycles. The van der Waals surface area contributed by atoms with E-state index in [1.165, 1.54) is 16.8 Å². The highest BCUT2D eigenvalue weighted by Gasteiger charge is 2.35. The maximum Gasteiger partial charge on any atom is 0.330 e. The molecule has 0 radical (unpaired) electrons. The fourth-order valence-corrected chi connectivity index (χ4v) is 2.26. The largest absolute Gasteiger partial charge is 0.390 e. The Bertz CT molecular complexity index is 598. The summed E-state index contributed by atoms with van der Waals surface area (Å²) in [7, 11) is 0. The minimum absolute atomic E-state index is 0.147. The molecule has 3 N–H and O–H groups in total. The third kappa shape index (κ3) is 3.46. The first-order valence-electron chi connectivity index (χ1n) is 5.99. The van der Waals surface area contributed by atoms with Crippen LogP contribution >= 0.6 is 22.6 Å². The Labute approximate surface area is 127 Å². The lowest BCUT2D eigenvalue weighted by Gasteiger charge is -2.16. The van der Waals surface area contributed by atoms with Crippen LogP contribution in [0, 0.1) is 0 Å². The summed E-state index contributed by atoms with van der Waals surface area (Å²) in [5, 5.41) is 12.5. The van der Waals surface area contributed by atoms with Gasteiger partial charge in [0.25, 0.3) is 5.56 Å². The maximum absolute atomic E-state index is 11.6. The Morgan fingerprint density at radius 1 is 1.60 bits per heavy atom. The van der Waals surface area contributed by atoms with E-state index in [1.807, 2.05) is 22.6 Å². The van der Waals surface area contributed by atoms with Crippen LogP contribution in [0.15, 0.2) is 21.9 Å². The summed E-state index contributed by atoms with van der Waals surface area (Å²) in [4.78, 5) is 35.9. The number of aromatic nitrogens is 2. The van der Waals surface area contributed by atoms with Gasteiger partial charge in [0.05, 0.1) is 10.5 Å². The second-order valence-corrected chi connectivity index (χ2v) is 5.15. The first-order chi connectivity index (χ1) is 9.51. The van der Waals surface area contributed by atoms with Crippen LogP contribution in [0.5, 0.6) is 0 Å². The van der Waals surface area contributed by atoms with Crippen LogP contribution < -0.4 is 16.6 Å². The molecule has 0 aromatic carbocycles. The zero-order chi connectivity index (χ0) is 14.7. The molecule has 20 heavy (non-hydrogen) atoms. The number of nitrogens with one attached hydrogen (secondary N) is 2. The van der Waals surface area contributed by atoms with Crippen molar-refractivity contribution < 1.29 is 14.6 Å². The van der Waals surface area contributed by atoms with Gasteiger partial charge >= 0.3 is 5.69 Å².